The number of aryl methyl sites for hydroxylation is 2. The summed E-state index contributed by atoms with van der Waals surface area (Å²) in [5.41, 5.74) is 3.45. The lowest BCUT2D eigenvalue weighted by Gasteiger charge is -2.09. The second-order valence-corrected chi connectivity index (χ2v) is 4.99. The Balaban J connectivity index is 2.03. The van der Waals surface area contributed by atoms with E-state index < -0.39 is 0 Å². The maximum absolute atomic E-state index is 5.76. The van der Waals surface area contributed by atoms with Gasteiger partial charge in [-0.1, -0.05) is 30.7 Å². The summed E-state index contributed by atoms with van der Waals surface area (Å²) < 4.78 is 5.76. The molecule has 1 aromatic carbocycles. The van der Waals surface area contributed by atoms with E-state index in [1.54, 1.807) is 0 Å². The fourth-order valence-electron chi connectivity index (χ4n) is 1.94. The van der Waals surface area contributed by atoms with E-state index in [1.807, 2.05) is 37.3 Å². The van der Waals surface area contributed by atoms with Crippen LogP contribution in [0.4, 0.5) is 0 Å². The van der Waals surface area contributed by atoms with Crippen LogP contribution in [0.15, 0.2) is 36.4 Å². The highest BCUT2D eigenvalue weighted by Gasteiger charge is 2.03. The molecule has 0 aliphatic heterocycles. The molecular formula is C17H22N2O. The van der Waals surface area contributed by atoms with Crippen molar-refractivity contribution in [2.75, 3.05) is 6.54 Å². The molecule has 0 fully saturated rings. The first-order chi connectivity index (χ1) is 9.69. The molecule has 106 valence electrons. The number of pyridine rings is 1. The number of aromatic nitrogens is 1. The maximum atomic E-state index is 5.76. The van der Waals surface area contributed by atoms with Gasteiger partial charge in [0.15, 0.2) is 0 Å². The van der Waals surface area contributed by atoms with Gasteiger partial charge in [0.05, 0.1) is 0 Å². The van der Waals surface area contributed by atoms with E-state index in [-0.39, 0.29) is 0 Å². The van der Waals surface area contributed by atoms with Crippen LogP contribution >= 0.6 is 0 Å². The Bertz CT molecular complexity index is 549. The van der Waals surface area contributed by atoms with Crippen LogP contribution in [0.25, 0.3) is 0 Å². The zero-order chi connectivity index (χ0) is 14.4. The standard InChI is InChI=1S/C17H22N2O/c1-4-11-18-12-15-7-10-17(19-14(15)3)20-16-8-5-13(2)6-9-16/h5-10,18H,4,11-12H2,1-3H3. The molecule has 2 aromatic rings. The van der Waals surface area contributed by atoms with E-state index >= 15 is 0 Å². The minimum Gasteiger partial charge on any atom is -0.439 e. The van der Waals surface area contributed by atoms with Crippen molar-refractivity contribution in [2.45, 2.75) is 33.7 Å². The lowest BCUT2D eigenvalue weighted by atomic mass is 10.2. The number of hydrogen-bond acceptors (Lipinski definition) is 3. The van der Waals surface area contributed by atoms with Crippen molar-refractivity contribution in [2.24, 2.45) is 0 Å². The van der Waals surface area contributed by atoms with E-state index in [2.05, 4.69) is 30.2 Å². The average Bonchev–Trinajstić information content (AvgIpc) is 2.44. The summed E-state index contributed by atoms with van der Waals surface area (Å²) in [5, 5.41) is 3.39. The van der Waals surface area contributed by atoms with Crippen LogP contribution in [-0.4, -0.2) is 11.5 Å². The first-order valence-corrected chi connectivity index (χ1v) is 7.11. The third kappa shape index (κ3) is 4.07. The Hall–Kier alpha value is -1.87. The molecular weight excluding hydrogens is 248 g/mol. The van der Waals surface area contributed by atoms with Crippen molar-refractivity contribution in [3.05, 3.63) is 53.2 Å². The number of ether oxygens (including phenoxy) is 1. The Morgan fingerprint density at radius 3 is 2.45 bits per heavy atom. The monoisotopic (exact) mass is 270 g/mol. The van der Waals surface area contributed by atoms with Crippen LogP contribution in [0, 0.1) is 13.8 Å². The van der Waals surface area contributed by atoms with Crippen molar-refractivity contribution in [3.63, 3.8) is 0 Å². The molecule has 0 amide bonds. The van der Waals surface area contributed by atoms with Gasteiger partial charge in [0, 0.05) is 18.3 Å². The summed E-state index contributed by atoms with van der Waals surface area (Å²) in [4.78, 5) is 4.51. The van der Waals surface area contributed by atoms with E-state index in [1.165, 1.54) is 11.1 Å². The number of nitrogens with zero attached hydrogens (tertiary/aromatic N) is 1. The van der Waals surface area contributed by atoms with Crippen LogP contribution in [0.5, 0.6) is 11.6 Å². The van der Waals surface area contributed by atoms with Crippen molar-refractivity contribution in [1.82, 2.24) is 10.3 Å². The molecule has 0 atom stereocenters. The minimum absolute atomic E-state index is 0.644. The van der Waals surface area contributed by atoms with Crippen LogP contribution in [0.2, 0.25) is 0 Å². The topological polar surface area (TPSA) is 34.1 Å². The number of benzene rings is 1. The van der Waals surface area contributed by atoms with Gasteiger partial charge >= 0.3 is 0 Å². The third-order valence-corrected chi connectivity index (χ3v) is 3.16. The summed E-state index contributed by atoms with van der Waals surface area (Å²) >= 11 is 0. The summed E-state index contributed by atoms with van der Waals surface area (Å²) in [6.07, 6.45) is 1.14. The molecule has 20 heavy (non-hydrogen) atoms. The lowest BCUT2D eigenvalue weighted by Crippen LogP contribution is -2.15. The Morgan fingerprint density at radius 2 is 1.80 bits per heavy atom. The molecule has 0 radical (unpaired) electrons. The minimum atomic E-state index is 0.644. The van der Waals surface area contributed by atoms with Crippen molar-refractivity contribution < 1.29 is 4.74 Å². The summed E-state index contributed by atoms with van der Waals surface area (Å²) in [6, 6.07) is 12.0. The molecule has 0 spiro atoms. The second kappa shape index (κ2) is 7.06. The fourth-order valence-corrected chi connectivity index (χ4v) is 1.94. The van der Waals surface area contributed by atoms with Gasteiger partial charge in [0.25, 0.3) is 0 Å². The molecule has 0 saturated heterocycles. The lowest BCUT2D eigenvalue weighted by molar-refractivity contribution is 0.460. The quantitative estimate of drug-likeness (QED) is 0.806. The van der Waals surface area contributed by atoms with E-state index in [0.717, 1.165) is 31.0 Å². The molecule has 0 aliphatic rings. The largest absolute Gasteiger partial charge is 0.439 e. The molecule has 3 nitrogen and oxygen atoms in total. The van der Waals surface area contributed by atoms with Crippen LogP contribution in [0.3, 0.4) is 0 Å². The molecule has 2 rings (SSSR count). The summed E-state index contributed by atoms with van der Waals surface area (Å²) in [5.74, 6) is 1.46. The summed E-state index contributed by atoms with van der Waals surface area (Å²) in [6.45, 7) is 8.13. The highest BCUT2D eigenvalue weighted by atomic mass is 16.5. The molecule has 0 aliphatic carbocycles. The molecule has 0 bridgehead atoms. The SMILES string of the molecule is CCCNCc1ccc(Oc2ccc(C)cc2)nc1C. The van der Waals surface area contributed by atoms with Gasteiger partial charge in [0.2, 0.25) is 5.88 Å². The highest BCUT2D eigenvalue weighted by Crippen LogP contribution is 2.21. The van der Waals surface area contributed by atoms with Gasteiger partial charge in [-0.05, 0) is 44.5 Å². The van der Waals surface area contributed by atoms with Gasteiger partial charge in [-0.15, -0.1) is 0 Å². The van der Waals surface area contributed by atoms with Gasteiger partial charge in [-0.3, -0.25) is 0 Å². The highest BCUT2D eigenvalue weighted by molar-refractivity contribution is 5.32. The normalized spacial score (nSPS) is 10.6. The van der Waals surface area contributed by atoms with Crippen LogP contribution in [0.1, 0.15) is 30.2 Å². The average molecular weight is 270 g/mol. The van der Waals surface area contributed by atoms with E-state index in [0.29, 0.717) is 5.88 Å². The van der Waals surface area contributed by atoms with E-state index in [9.17, 15) is 0 Å². The van der Waals surface area contributed by atoms with Gasteiger partial charge in [-0.2, -0.15) is 0 Å². The Kier molecular flexibility index (Phi) is 5.13. The van der Waals surface area contributed by atoms with Gasteiger partial charge < -0.3 is 10.1 Å². The van der Waals surface area contributed by atoms with Crippen molar-refractivity contribution in [1.29, 1.82) is 0 Å². The molecule has 1 N–H and O–H groups in total. The molecule has 0 unspecified atom stereocenters. The Morgan fingerprint density at radius 1 is 1.05 bits per heavy atom. The second-order valence-electron chi connectivity index (χ2n) is 4.99. The Labute approximate surface area is 121 Å². The fraction of sp³-hybridized carbons (Fsp3) is 0.353. The number of hydrogen-bond donors (Lipinski definition) is 1. The zero-order valence-corrected chi connectivity index (χ0v) is 12.4. The third-order valence-electron chi connectivity index (χ3n) is 3.16. The predicted molar refractivity (Wildman–Crippen MR) is 82.2 cm³/mol. The summed E-state index contributed by atoms with van der Waals surface area (Å²) in [7, 11) is 0. The number of rotatable bonds is 6. The van der Waals surface area contributed by atoms with Crippen molar-refractivity contribution >= 4 is 0 Å². The van der Waals surface area contributed by atoms with E-state index in [4.69, 9.17) is 4.74 Å². The molecule has 1 heterocycles. The van der Waals surface area contributed by atoms with Crippen molar-refractivity contribution in [3.8, 4) is 11.6 Å². The zero-order valence-electron chi connectivity index (χ0n) is 12.4. The maximum Gasteiger partial charge on any atom is 0.219 e. The predicted octanol–water partition coefficient (Wildman–Crippen LogP) is 3.99. The van der Waals surface area contributed by atoms with Crippen LogP contribution < -0.4 is 10.1 Å². The molecule has 3 heteroatoms. The molecule has 1 aromatic heterocycles. The molecule has 0 saturated carbocycles. The number of nitrogens with one attached hydrogen (secondary N) is 1. The van der Waals surface area contributed by atoms with Gasteiger partial charge in [-0.25, -0.2) is 4.98 Å². The first kappa shape index (κ1) is 14.5. The first-order valence-electron chi connectivity index (χ1n) is 7.11. The van der Waals surface area contributed by atoms with Gasteiger partial charge in [0.1, 0.15) is 5.75 Å². The van der Waals surface area contributed by atoms with Crippen LogP contribution in [-0.2, 0) is 6.54 Å². The smallest absolute Gasteiger partial charge is 0.219 e.